The van der Waals surface area contributed by atoms with Gasteiger partial charge in [-0.1, -0.05) is 6.07 Å². The number of rotatable bonds is 8. The fourth-order valence-electron chi connectivity index (χ4n) is 1.98. The topological polar surface area (TPSA) is 67.7 Å². The molecule has 22 heavy (non-hydrogen) atoms. The Morgan fingerprint density at radius 3 is 2.82 bits per heavy atom. The molecular formula is C15H27IN4O2. The Labute approximate surface area is 149 Å². The number of methoxy groups -OCH3 is 1. The van der Waals surface area contributed by atoms with E-state index in [2.05, 4.69) is 15.6 Å². The number of nitrogens with zero attached hydrogens (tertiary/aromatic N) is 2. The number of hydrogen-bond donors (Lipinski definition) is 2. The number of nitrogens with one attached hydrogen (secondary N) is 2. The molecule has 0 fully saturated rings. The van der Waals surface area contributed by atoms with E-state index in [1.165, 1.54) is 0 Å². The van der Waals surface area contributed by atoms with Crippen molar-refractivity contribution in [2.45, 2.75) is 32.4 Å². The number of pyridine rings is 1. The van der Waals surface area contributed by atoms with E-state index in [9.17, 15) is 4.79 Å². The second-order valence-electron chi connectivity index (χ2n) is 4.94. The van der Waals surface area contributed by atoms with Crippen LogP contribution >= 0.6 is 24.0 Å². The number of hydrogen-bond acceptors (Lipinski definition) is 3. The molecule has 0 saturated carbocycles. The van der Waals surface area contributed by atoms with Gasteiger partial charge in [-0.3, -0.25) is 9.79 Å². The van der Waals surface area contributed by atoms with Crippen LogP contribution in [0.25, 0.3) is 0 Å². The van der Waals surface area contributed by atoms with Gasteiger partial charge in [0, 0.05) is 45.6 Å². The predicted octanol–water partition coefficient (Wildman–Crippen LogP) is 1.45. The Kier molecular flexibility index (Phi) is 11.8. The van der Waals surface area contributed by atoms with Gasteiger partial charge in [0.25, 0.3) is 0 Å². The molecule has 6 nitrogen and oxygen atoms in total. The summed E-state index contributed by atoms with van der Waals surface area (Å²) in [6.45, 7) is 4.24. The minimum atomic E-state index is 0. The quantitative estimate of drug-likeness (QED) is 0.288. The summed E-state index contributed by atoms with van der Waals surface area (Å²) in [6, 6.07) is 5.44. The smallest absolute Gasteiger partial charge is 0.250 e. The van der Waals surface area contributed by atoms with Crippen LogP contribution in [0.15, 0.2) is 34.2 Å². The molecule has 7 heteroatoms. The minimum Gasteiger partial charge on any atom is -0.383 e. The summed E-state index contributed by atoms with van der Waals surface area (Å²) in [5.74, 6) is 0.774. The van der Waals surface area contributed by atoms with Gasteiger partial charge in [-0.15, -0.1) is 24.0 Å². The van der Waals surface area contributed by atoms with Crippen LogP contribution in [0.2, 0.25) is 0 Å². The average molecular weight is 422 g/mol. The second-order valence-corrected chi connectivity index (χ2v) is 4.94. The SMILES string of the molecule is CN=C(NCCCCn1ccccc1=O)NC(C)COC.I. The molecule has 0 bridgehead atoms. The van der Waals surface area contributed by atoms with Crippen LogP contribution in [-0.2, 0) is 11.3 Å². The highest BCUT2D eigenvalue weighted by Gasteiger charge is 2.03. The number of guanidine groups is 1. The molecule has 0 spiro atoms. The van der Waals surface area contributed by atoms with Gasteiger partial charge in [0.05, 0.1) is 6.61 Å². The summed E-state index contributed by atoms with van der Waals surface area (Å²) in [6.07, 6.45) is 3.74. The third kappa shape index (κ3) is 8.38. The fraction of sp³-hybridized carbons (Fsp3) is 0.600. The first-order chi connectivity index (χ1) is 10.2. The highest BCUT2D eigenvalue weighted by atomic mass is 127. The number of halogens is 1. The molecule has 1 heterocycles. The van der Waals surface area contributed by atoms with Crippen molar-refractivity contribution in [3.8, 4) is 0 Å². The minimum absolute atomic E-state index is 0. The summed E-state index contributed by atoms with van der Waals surface area (Å²) in [7, 11) is 3.43. The van der Waals surface area contributed by atoms with Crippen LogP contribution in [0, 0.1) is 0 Å². The van der Waals surface area contributed by atoms with Gasteiger partial charge < -0.3 is 19.9 Å². The molecule has 0 saturated heterocycles. The Hall–Kier alpha value is -1.09. The summed E-state index contributed by atoms with van der Waals surface area (Å²) < 4.78 is 6.80. The van der Waals surface area contributed by atoms with Crippen LogP contribution in [0.4, 0.5) is 0 Å². The number of ether oxygens (including phenoxy) is 1. The fourth-order valence-corrected chi connectivity index (χ4v) is 1.98. The van der Waals surface area contributed by atoms with Gasteiger partial charge in [0.2, 0.25) is 5.56 Å². The largest absolute Gasteiger partial charge is 0.383 e. The Balaban J connectivity index is 0.00000441. The lowest BCUT2D eigenvalue weighted by atomic mass is 10.3. The van der Waals surface area contributed by atoms with Crippen molar-refractivity contribution in [1.82, 2.24) is 15.2 Å². The second kappa shape index (κ2) is 12.5. The number of aromatic nitrogens is 1. The van der Waals surface area contributed by atoms with Crippen LogP contribution in [0.5, 0.6) is 0 Å². The van der Waals surface area contributed by atoms with Gasteiger partial charge in [-0.25, -0.2) is 0 Å². The van der Waals surface area contributed by atoms with E-state index in [0.29, 0.717) is 6.61 Å². The third-order valence-electron chi connectivity index (χ3n) is 3.04. The van der Waals surface area contributed by atoms with Crippen molar-refractivity contribution >= 4 is 29.9 Å². The molecule has 1 rings (SSSR count). The Bertz CT molecular complexity index is 490. The molecule has 0 amide bonds. The summed E-state index contributed by atoms with van der Waals surface area (Å²) in [5.41, 5.74) is 0.0522. The molecule has 0 aliphatic heterocycles. The maximum absolute atomic E-state index is 11.5. The zero-order valence-corrected chi connectivity index (χ0v) is 15.9. The molecule has 1 aromatic rings. The normalized spacial score (nSPS) is 12.4. The Morgan fingerprint density at radius 1 is 1.41 bits per heavy atom. The van der Waals surface area contributed by atoms with Gasteiger partial charge in [0.1, 0.15) is 0 Å². The third-order valence-corrected chi connectivity index (χ3v) is 3.04. The van der Waals surface area contributed by atoms with Gasteiger partial charge in [0.15, 0.2) is 5.96 Å². The molecule has 2 N–H and O–H groups in total. The van der Waals surface area contributed by atoms with Crippen molar-refractivity contribution in [2.75, 3.05) is 27.3 Å². The van der Waals surface area contributed by atoms with E-state index in [4.69, 9.17) is 4.74 Å². The van der Waals surface area contributed by atoms with Gasteiger partial charge in [-0.05, 0) is 25.8 Å². The molecule has 0 aliphatic carbocycles. The first kappa shape index (κ1) is 20.9. The number of aryl methyl sites for hydroxylation is 1. The lowest BCUT2D eigenvalue weighted by Crippen LogP contribution is -2.44. The molecule has 1 atom stereocenters. The van der Waals surface area contributed by atoms with Crippen molar-refractivity contribution < 1.29 is 4.74 Å². The van der Waals surface area contributed by atoms with Crippen molar-refractivity contribution in [1.29, 1.82) is 0 Å². The maximum atomic E-state index is 11.5. The van der Waals surface area contributed by atoms with E-state index in [-0.39, 0.29) is 35.6 Å². The van der Waals surface area contributed by atoms with Gasteiger partial charge >= 0.3 is 0 Å². The summed E-state index contributed by atoms with van der Waals surface area (Å²) in [4.78, 5) is 15.7. The van der Waals surface area contributed by atoms with Crippen LogP contribution < -0.4 is 16.2 Å². The zero-order valence-electron chi connectivity index (χ0n) is 13.5. The first-order valence-corrected chi connectivity index (χ1v) is 7.29. The summed E-state index contributed by atoms with van der Waals surface area (Å²) >= 11 is 0. The molecule has 0 radical (unpaired) electrons. The standard InChI is InChI=1S/C15H26N4O2.HI/c1-13(12-21-3)18-15(16-2)17-9-5-7-11-19-10-6-4-8-14(19)20;/h4,6,8,10,13H,5,7,9,11-12H2,1-3H3,(H2,16,17,18);1H. The molecule has 126 valence electrons. The lowest BCUT2D eigenvalue weighted by Gasteiger charge is -2.17. The monoisotopic (exact) mass is 422 g/mol. The zero-order chi connectivity index (χ0) is 15.5. The van der Waals surface area contributed by atoms with Crippen molar-refractivity contribution in [3.63, 3.8) is 0 Å². The maximum Gasteiger partial charge on any atom is 0.250 e. The van der Waals surface area contributed by atoms with Crippen LogP contribution in [-0.4, -0.2) is 43.9 Å². The predicted molar refractivity (Wildman–Crippen MR) is 101 cm³/mol. The van der Waals surface area contributed by atoms with E-state index >= 15 is 0 Å². The van der Waals surface area contributed by atoms with E-state index in [1.807, 2.05) is 19.2 Å². The first-order valence-electron chi connectivity index (χ1n) is 7.29. The molecular weight excluding hydrogens is 395 g/mol. The average Bonchev–Trinajstić information content (AvgIpc) is 2.47. The molecule has 1 aromatic heterocycles. The lowest BCUT2D eigenvalue weighted by molar-refractivity contribution is 0.179. The van der Waals surface area contributed by atoms with Crippen LogP contribution in [0.1, 0.15) is 19.8 Å². The molecule has 0 aromatic carbocycles. The van der Waals surface area contributed by atoms with Crippen LogP contribution in [0.3, 0.4) is 0 Å². The van der Waals surface area contributed by atoms with E-state index in [1.54, 1.807) is 30.9 Å². The Morgan fingerprint density at radius 2 is 2.18 bits per heavy atom. The van der Waals surface area contributed by atoms with E-state index < -0.39 is 0 Å². The van der Waals surface area contributed by atoms with E-state index in [0.717, 1.165) is 31.9 Å². The highest BCUT2D eigenvalue weighted by molar-refractivity contribution is 14.0. The number of unbranched alkanes of at least 4 members (excludes halogenated alkanes) is 1. The highest BCUT2D eigenvalue weighted by Crippen LogP contribution is 1.92. The number of aliphatic imine (C=N–C) groups is 1. The van der Waals surface area contributed by atoms with Crippen molar-refractivity contribution in [3.05, 3.63) is 34.7 Å². The summed E-state index contributed by atoms with van der Waals surface area (Å²) in [5, 5.41) is 6.50. The molecule has 0 aliphatic rings. The van der Waals surface area contributed by atoms with Crippen molar-refractivity contribution in [2.24, 2.45) is 4.99 Å². The van der Waals surface area contributed by atoms with Gasteiger partial charge in [-0.2, -0.15) is 0 Å². The molecule has 1 unspecified atom stereocenters.